The molecule has 8 nitrogen and oxygen atoms in total. The van der Waals surface area contributed by atoms with Crippen molar-refractivity contribution in [1.29, 1.82) is 0 Å². The van der Waals surface area contributed by atoms with Crippen LogP contribution in [-0.2, 0) is 11.2 Å². The van der Waals surface area contributed by atoms with E-state index in [2.05, 4.69) is 5.43 Å². The van der Waals surface area contributed by atoms with E-state index < -0.39 is 29.3 Å². The van der Waals surface area contributed by atoms with Crippen LogP contribution >= 0.6 is 0 Å². The number of carbonyl (C=O) groups excluding carboxylic acids is 3. The third kappa shape index (κ3) is 4.35. The van der Waals surface area contributed by atoms with Gasteiger partial charge in [-0.05, 0) is 42.8 Å². The molecule has 1 aliphatic rings. The Kier molecular flexibility index (Phi) is 6.28. The molecule has 0 spiro atoms. The molecule has 1 unspecified atom stereocenters. The van der Waals surface area contributed by atoms with E-state index >= 15 is 0 Å². The molecule has 4 aromatic carbocycles. The van der Waals surface area contributed by atoms with Crippen LogP contribution in [0.25, 0.3) is 22.3 Å². The van der Waals surface area contributed by atoms with E-state index in [1.807, 2.05) is 55.5 Å². The lowest BCUT2D eigenvalue weighted by Crippen LogP contribution is -2.51. The molecule has 0 aliphatic carbocycles. The van der Waals surface area contributed by atoms with Gasteiger partial charge in [0.25, 0.3) is 23.3 Å². The molecule has 3 amide bonds. The molecular formula is C32H24N4O4. The summed E-state index contributed by atoms with van der Waals surface area (Å²) in [6.45, 7) is 1.92. The standard InChI is InChI=1S/C32H24N4O4/c1-20-10-9-13-22(18-20)28-33-26-17-8-7-16-25(26)32(40)36(28)34-29(37)27(19-21-11-3-2-4-12-21)35-30(38)23-14-5-6-15-24(23)31(35)39/h2-18,27H,19H2,1H3,(H,34,37). The maximum Gasteiger partial charge on any atom is 0.280 e. The Morgan fingerprint density at radius 1 is 0.800 bits per heavy atom. The molecule has 1 atom stereocenters. The highest BCUT2D eigenvalue weighted by atomic mass is 16.2. The monoisotopic (exact) mass is 528 g/mol. The third-order valence-electron chi connectivity index (χ3n) is 6.99. The minimum atomic E-state index is -1.22. The average Bonchev–Trinajstić information content (AvgIpc) is 3.23. The van der Waals surface area contributed by atoms with Crippen molar-refractivity contribution < 1.29 is 14.4 Å². The normalized spacial score (nSPS) is 13.4. The Labute approximate surface area is 229 Å². The van der Waals surface area contributed by atoms with Crippen molar-refractivity contribution in [3.05, 3.63) is 136 Å². The zero-order valence-corrected chi connectivity index (χ0v) is 21.6. The average molecular weight is 529 g/mol. The second-order valence-electron chi connectivity index (χ2n) is 9.67. The molecule has 8 heteroatoms. The van der Waals surface area contributed by atoms with Crippen molar-refractivity contribution >= 4 is 28.6 Å². The molecule has 0 fully saturated rings. The largest absolute Gasteiger partial charge is 0.280 e. The predicted molar refractivity (Wildman–Crippen MR) is 151 cm³/mol. The first-order valence-corrected chi connectivity index (χ1v) is 12.8. The predicted octanol–water partition coefficient (Wildman–Crippen LogP) is 4.35. The van der Waals surface area contributed by atoms with E-state index in [0.29, 0.717) is 16.5 Å². The van der Waals surface area contributed by atoms with Crippen molar-refractivity contribution in [2.24, 2.45) is 0 Å². The lowest BCUT2D eigenvalue weighted by atomic mass is 10.0. The number of para-hydroxylation sites is 1. The fourth-order valence-electron chi connectivity index (χ4n) is 5.03. The fourth-order valence-corrected chi connectivity index (χ4v) is 5.03. The second-order valence-corrected chi connectivity index (χ2v) is 9.67. The quantitative estimate of drug-likeness (QED) is 0.330. The van der Waals surface area contributed by atoms with Gasteiger partial charge in [0.2, 0.25) is 0 Å². The highest BCUT2D eigenvalue weighted by molar-refractivity contribution is 6.23. The smallest absolute Gasteiger partial charge is 0.271 e. The van der Waals surface area contributed by atoms with Crippen molar-refractivity contribution in [2.45, 2.75) is 19.4 Å². The van der Waals surface area contributed by atoms with Crippen LogP contribution in [0.2, 0.25) is 0 Å². The van der Waals surface area contributed by atoms with E-state index in [1.54, 1.807) is 54.6 Å². The maximum absolute atomic E-state index is 14.0. The Balaban J connectivity index is 1.46. The highest BCUT2D eigenvalue weighted by Crippen LogP contribution is 2.27. The molecular weight excluding hydrogens is 504 g/mol. The Morgan fingerprint density at radius 2 is 1.45 bits per heavy atom. The summed E-state index contributed by atoms with van der Waals surface area (Å²) in [4.78, 5) is 60.3. The molecule has 40 heavy (non-hydrogen) atoms. The van der Waals surface area contributed by atoms with Gasteiger partial charge in [-0.3, -0.25) is 29.5 Å². The van der Waals surface area contributed by atoms with Crippen LogP contribution in [0.15, 0.2) is 108 Å². The number of imide groups is 1. The van der Waals surface area contributed by atoms with Crippen molar-refractivity contribution in [2.75, 3.05) is 5.43 Å². The van der Waals surface area contributed by atoms with Gasteiger partial charge in [-0.1, -0.05) is 78.4 Å². The van der Waals surface area contributed by atoms with Crippen LogP contribution in [0.5, 0.6) is 0 Å². The van der Waals surface area contributed by atoms with Gasteiger partial charge in [0, 0.05) is 12.0 Å². The van der Waals surface area contributed by atoms with Crippen LogP contribution in [-0.4, -0.2) is 38.3 Å². The number of benzene rings is 4. The fraction of sp³-hybridized carbons (Fsp3) is 0.0938. The highest BCUT2D eigenvalue weighted by Gasteiger charge is 2.43. The Hall–Kier alpha value is -5.37. The number of aryl methyl sites for hydroxylation is 1. The van der Waals surface area contributed by atoms with Crippen molar-refractivity contribution in [3.8, 4) is 11.4 Å². The number of nitrogens with one attached hydrogen (secondary N) is 1. The first kappa shape index (κ1) is 24.9. The zero-order chi connectivity index (χ0) is 27.8. The molecule has 1 aliphatic heterocycles. The summed E-state index contributed by atoms with van der Waals surface area (Å²) in [7, 11) is 0. The van der Waals surface area contributed by atoms with Gasteiger partial charge < -0.3 is 0 Å². The molecule has 1 aromatic heterocycles. The van der Waals surface area contributed by atoms with Gasteiger partial charge >= 0.3 is 0 Å². The SMILES string of the molecule is Cc1cccc(-c2nc3ccccc3c(=O)n2NC(=O)C(Cc2ccccc2)N2C(=O)c3ccccc3C2=O)c1. The molecule has 2 heterocycles. The Bertz CT molecular complexity index is 1830. The van der Waals surface area contributed by atoms with E-state index in [1.165, 1.54) is 0 Å². The summed E-state index contributed by atoms with van der Waals surface area (Å²) in [5.74, 6) is -1.56. The van der Waals surface area contributed by atoms with E-state index in [-0.39, 0.29) is 23.4 Å². The van der Waals surface area contributed by atoms with Crippen LogP contribution < -0.4 is 11.0 Å². The first-order chi connectivity index (χ1) is 19.4. The number of hydrogen-bond acceptors (Lipinski definition) is 5. The summed E-state index contributed by atoms with van der Waals surface area (Å²) < 4.78 is 1.11. The van der Waals surface area contributed by atoms with Crippen molar-refractivity contribution in [3.63, 3.8) is 0 Å². The molecule has 5 aromatic rings. The van der Waals surface area contributed by atoms with E-state index in [9.17, 15) is 19.2 Å². The Morgan fingerprint density at radius 3 is 2.15 bits per heavy atom. The second kappa shape index (κ2) is 10.1. The van der Waals surface area contributed by atoms with Gasteiger partial charge in [0.15, 0.2) is 5.82 Å². The first-order valence-electron chi connectivity index (χ1n) is 12.8. The number of rotatable bonds is 6. The van der Waals surface area contributed by atoms with Gasteiger partial charge in [-0.25, -0.2) is 4.98 Å². The zero-order valence-electron chi connectivity index (χ0n) is 21.6. The molecule has 0 bridgehead atoms. The van der Waals surface area contributed by atoms with Gasteiger partial charge in [-0.2, -0.15) is 4.68 Å². The van der Waals surface area contributed by atoms with E-state index in [4.69, 9.17) is 4.98 Å². The molecule has 0 saturated carbocycles. The lowest BCUT2D eigenvalue weighted by Gasteiger charge is -2.26. The lowest BCUT2D eigenvalue weighted by molar-refractivity contribution is -0.120. The van der Waals surface area contributed by atoms with Gasteiger partial charge in [0.05, 0.1) is 22.0 Å². The van der Waals surface area contributed by atoms with Crippen LogP contribution in [0.4, 0.5) is 0 Å². The molecule has 196 valence electrons. The van der Waals surface area contributed by atoms with Gasteiger partial charge in [0.1, 0.15) is 6.04 Å². The molecule has 1 N–H and O–H groups in total. The van der Waals surface area contributed by atoms with E-state index in [0.717, 1.165) is 20.7 Å². The maximum atomic E-state index is 14.0. The van der Waals surface area contributed by atoms with Gasteiger partial charge in [-0.15, -0.1) is 0 Å². The summed E-state index contributed by atoms with van der Waals surface area (Å²) in [5.41, 5.74) is 5.53. The molecule has 0 saturated heterocycles. The molecule has 0 radical (unpaired) electrons. The van der Waals surface area contributed by atoms with Crippen LogP contribution in [0, 0.1) is 6.92 Å². The molecule has 6 rings (SSSR count). The topological polar surface area (TPSA) is 101 Å². The third-order valence-corrected chi connectivity index (χ3v) is 6.99. The number of amides is 3. The number of nitrogens with zero attached hydrogens (tertiary/aromatic N) is 3. The van der Waals surface area contributed by atoms with Crippen molar-refractivity contribution in [1.82, 2.24) is 14.6 Å². The van der Waals surface area contributed by atoms with Crippen LogP contribution in [0.1, 0.15) is 31.8 Å². The van der Waals surface area contributed by atoms with Crippen LogP contribution in [0.3, 0.4) is 0 Å². The number of hydrogen-bond donors (Lipinski definition) is 1. The number of fused-ring (bicyclic) bond motifs is 2. The number of aromatic nitrogens is 2. The summed E-state index contributed by atoms with van der Waals surface area (Å²) >= 11 is 0. The number of carbonyl (C=O) groups is 3. The summed E-state index contributed by atoms with van der Waals surface area (Å²) in [6, 6.07) is 28.7. The summed E-state index contributed by atoms with van der Waals surface area (Å²) in [6.07, 6.45) is 0.0632. The minimum Gasteiger partial charge on any atom is -0.271 e. The summed E-state index contributed by atoms with van der Waals surface area (Å²) in [5, 5.41) is 0.319. The minimum absolute atomic E-state index is 0.0632.